The van der Waals surface area contributed by atoms with Crippen molar-refractivity contribution in [2.45, 2.75) is 78.3 Å². The normalized spacial score (nSPS) is 13.5. The Hall–Kier alpha value is -1.62. The molecule has 0 unspecified atom stereocenters. The van der Waals surface area contributed by atoms with E-state index >= 15 is 0 Å². The molecular formula is C21H36N2O2Si. The number of rotatable bonds is 7. The van der Waals surface area contributed by atoms with Gasteiger partial charge in [0, 0.05) is 5.71 Å². The molecule has 0 aliphatic carbocycles. The predicted molar refractivity (Wildman–Crippen MR) is 113 cm³/mol. The smallest absolute Gasteiger partial charge is 0.306 e. The second-order valence-electron chi connectivity index (χ2n) is 8.88. The van der Waals surface area contributed by atoms with Gasteiger partial charge in [-0.2, -0.15) is 5.10 Å². The van der Waals surface area contributed by atoms with E-state index in [0.717, 1.165) is 5.71 Å². The first-order valence-electron chi connectivity index (χ1n) is 9.47. The molecule has 0 saturated heterocycles. The van der Waals surface area contributed by atoms with Gasteiger partial charge in [0.25, 0.3) is 0 Å². The van der Waals surface area contributed by atoms with Crippen LogP contribution in [0.15, 0.2) is 35.4 Å². The van der Waals surface area contributed by atoms with Gasteiger partial charge in [0.1, 0.15) is 0 Å². The van der Waals surface area contributed by atoms with Crippen LogP contribution in [0.4, 0.5) is 0 Å². The Morgan fingerprint density at radius 3 is 2.04 bits per heavy atom. The molecule has 0 saturated carbocycles. The number of carbonyl (C=O) groups is 1. The second kappa shape index (κ2) is 8.85. The van der Waals surface area contributed by atoms with Crippen molar-refractivity contribution in [2.24, 2.45) is 5.10 Å². The average Bonchev–Trinajstić information content (AvgIpc) is 2.52. The van der Waals surface area contributed by atoms with E-state index in [2.05, 4.69) is 77.0 Å². The number of benzene rings is 1. The zero-order valence-electron chi connectivity index (χ0n) is 17.8. The van der Waals surface area contributed by atoms with Crippen molar-refractivity contribution >= 4 is 25.1 Å². The molecule has 0 atom stereocenters. The molecule has 4 nitrogen and oxygen atoms in total. The van der Waals surface area contributed by atoms with Gasteiger partial charge in [0.15, 0.2) is 0 Å². The van der Waals surface area contributed by atoms with E-state index in [1.165, 1.54) is 5.19 Å². The molecule has 5 heteroatoms. The molecule has 0 aliphatic heterocycles. The highest BCUT2D eigenvalue weighted by molar-refractivity contribution is 6.94. The number of nitrogens with one attached hydrogen (secondary N) is 1. The summed E-state index contributed by atoms with van der Waals surface area (Å²) in [6.07, 6.45) is 0.981. The van der Waals surface area contributed by atoms with E-state index in [9.17, 15) is 4.79 Å². The number of nitrogens with zero attached hydrogens (tertiary/aromatic N) is 1. The first kappa shape index (κ1) is 22.4. The number of ether oxygens (including phenoxy) is 1. The van der Waals surface area contributed by atoms with Crippen molar-refractivity contribution < 1.29 is 9.53 Å². The van der Waals surface area contributed by atoms with E-state index < -0.39 is 8.24 Å². The highest BCUT2D eigenvalue weighted by atomic mass is 28.3. The lowest BCUT2D eigenvalue weighted by Crippen LogP contribution is -2.69. The highest BCUT2D eigenvalue weighted by Crippen LogP contribution is 2.48. The molecule has 1 rings (SSSR count). The van der Waals surface area contributed by atoms with Gasteiger partial charge in [0.05, 0.1) is 13.0 Å². The van der Waals surface area contributed by atoms with Crippen LogP contribution in [0.1, 0.15) is 68.2 Å². The fraction of sp³-hybridized carbons (Fsp3) is 0.619. The summed E-state index contributed by atoms with van der Waals surface area (Å²) < 4.78 is 5.01. The molecule has 0 fully saturated rings. The maximum absolute atomic E-state index is 11.6. The second-order valence-corrected chi connectivity index (χ2v) is 14.2. The summed E-state index contributed by atoms with van der Waals surface area (Å²) in [6.45, 7) is 18.0. The molecule has 0 aromatic heterocycles. The lowest BCUT2D eigenvalue weighted by atomic mass is 10.2. The molecule has 0 radical (unpaired) electrons. The van der Waals surface area contributed by atoms with Crippen LogP contribution < -0.4 is 10.3 Å². The summed E-state index contributed by atoms with van der Waals surface area (Å²) in [5, 5.41) is 9.87. The third-order valence-electron chi connectivity index (χ3n) is 4.87. The summed E-state index contributed by atoms with van der Waals surface area (Å²) in [6, 6.07) is 10.7. The maximum Gasteiger partial charge on any atom is 0.306 e. The van der Waals surface area contributed by atoms with Crippen molar-refractivity contribution in [3.63, 3.8) is 0 Å². The Labute approximate surface area is 160 Å². The maximum atomic E-state index is 11.6. The number of esters is 1. The quantitative estimate of drug-likeness (QED) is 0.323. The van der Waals surface area contributed by atoms with Gasteiger partial charge >= 0.3 is 5.97 Å². The molecule has 26 heavy (non-hydrogen) atoms. The monoisotopic (exact) mass is 376 g/mol. The van der Waals surface area contributed by atoms with Gasteiger partial charge in [-0.05, 0) is 35.5 Å². The Kier molecular flexibility index (Phi) is 7.63. The number of hydrazone groups is 1. The van der Waals surface area contributed by atoms with Crippen molar-refractivity contribution in [1.29, 1.82) is 0 Å². The van der Waals surface area contributed by atoms with Gasteiger partial charge in [-0.1, -0.05) is 71.9 Å². The van der Waals surface area contributed by atoms with Crippen LogP contribution in [0.25, 0.3) is 0 Å². The first-order chi connectivity index (χ1) is 12.0. The minimum Gasteiger partial charge on any atom is -0.466 e. The van der Waals surface area contributed by atoms with E-state index in [0.29, 0.717) is 19.4 Å². The molecule has 1 aromatic carbocycles. The van der Waals surface area contributed by atoms with E-state index in [1.54, 1.807) is 0 Å². The Bertz CT molecular complexity index is 599. The molecule has 0 spiro atoms. The minimum absolute atomic E-state index is 0.0531. The standard InChI is InChI=1S/C21H36N2O2Si/c1-9-25-19(24)16-15-17(2)22-23-26(20(3,4)5,21(6,7)8)18-13-11-10-12-14-18/h10-14,23H,9,15-16H2,1-8H3/b22-17+. The average molecular weight is 377 g/mol. The van der Waals surface area contributed by atoms with Crippen molar-refractivity contribution in [2.75, 3.05) is 6.61 Å². The van der Waals surface area contributed by atoms with Gasteiger partial charge < -0.3 is 9.83 Å². The summed E-state index contributed by atoms with van der Waals surface area (Å²) >= 11 is 0. The fourth-order valence-corrected chi connectivity index (χ4v) is 9.66. The van der Waals surface area contributed by atoms with E-state index in [4.69, 9.17) is 9.84 Å². The lowest BCUT2D eigenvalue weighted by Gasteiger charge is -2.51. The van der Waals surface area contributed by atoms with Crippen LogP contribution >= 0.6 is 0 Å². The highest BCUT2D eigenvalue weighted by Gasteiger charge is 2.55. The largest absolute Gasteiger partial charge is 0.466 e. The van der Waals surface area contributed by atoms with Crippen LogP contribution in [-0.4, -0.2) is 26.5 Å². The van der Waals surface area contributed by atoms with Gasteiger partial charge in [-0.15, -0.1) is 0 Å². The van der Waals surface area contributed by atoms with Crippen LogP contribution in [0.2, 0.25) is 10.1 Å². The fourth-order valence-electron chi connectivity index (χ4n) is 3.83. The Balaban J connectivity index is 3.19. The number of hydrogen-bond acceptors (Lipinski definition) is 4. The SMILES string of the molecule is CCOC(=O)CC/C(C)=N/N[Si](c1ccccc1)(C(C)(C)C)C(C)(C)C. The summed E-state index contributed by atoms with van der Waals surface area (Å²) in [5.74, 6) is -0.166. The lowest BCUT2D eigenvalue weighted by molar-refractivity contribution is -0.142. The van der Waals surface area contributed by atoms with Gasteiger partial charge in [-0.3, -0.25) is 4.79 Å². The molecule has 146 valence electrons. The van der Waals surface area contributed by atoms with E-state index in [-0.39, 0.29) is 16.0 Å². The molecule has 1 N–H and O–H groups in total. The first-order valence-corrected chi connectivity index (χ1v) is 11.5. The van der Waals surface area contributed by atoms with Crippen LogP contribution in [-0.2, 0) is 9.53 Å². The van der Waals surface area contributed by atoms with Crippen molar-refractivity contribution in [1.82, 2.24) is 5.09 Å². The zero-order valence-corrected chi connectivity index (χ0v) is 18.8. The summed E-state index contributed by atoms with van der Waals surface area (Å²) in [7, 11) is -2.26. The molecular weight excluding hydrogens is 340 g/mol. The van der Waals surface area contributed by atoms with Crippen LogP contribution in [0.5, 0.6) is 0 Å². The number of hydrogen-bond donors (Lipinski definition) is 1. The van der Waals surface area contributed by atoms with Crippen LogP contribution in [0.3, 0.4) is 0 Å². The topological polar surface area (TPSA) is 50.7 Å². The summed E-state index contributed by atoms with van der Waals surface area (Å²) in [5.41, 5.74) is 0.930. The minimum atomic E-state index is -2.26. The van der Waals surface area contributed by atoms with Crippen molar-refractivity contribution in [3.8, 4) is 0 Å². The molecule has 0 heterocycles. The summed E-state index contributed by atoms with van der Waals surface area (Å²) in [4.78, 5) is 11.6. The predicted octanol–water partition coefficient (Wildman–Crippen LogP) is 4.75. The van der Waals surface area contributed by atoms with Crippen molar-refractivity contribution in [3.05, 3.63) is 30.3 Å². The van der Waals surface area contributed by atoms with Gasteiger partial charge in [-0.25, -0.2) is 0 Å². The molecule has 0 amide bonds. The van der Waals surface area contributed by atoms with Crippen LogP contribution in [0, 0.1) is 0 Å². The third kappa shape index (κ3) is 5.19. The van der Waals surface area contributed by atoms with E-state index in [1.807, 2.05) is 13.8 Å². The van der Waals surface area contributed by atoms with Gasteiger partial charge in [0.2, 0.25) is 8.24 Å². The Morgan fingerprint density at radius 1 is 1.04 bits per heavy atom. The molecule has 0 bridgehead atoms. The Morgan fingerprint density at radius 2 is 1.58 bits per heavy atom. The molecule has 0 aliphatic rings. The molecule has 1 aromatic rings. The zero-order chi connectivity index (χ0) is 20.0. The number of carbonyl (C=O) groups excluding carboxylic acids is 1. The third-order valence-corrected chi connectivity index (χ3v) is 11.0.